The van der Waals surface area contributed by atoms with Crippen molar-refractivity contribution in [1.82, 2.24) is 24.1 Å². The van der Waals surface area contributed by atoms with Gasteiger partial charge in [0, 0.05) is 70.0 Å². The number of aryl methyl sites for hydroxylation is 1. The predicted molar refractivity (Wildman–Crippen MR) is 97.3 cm³/mol. The van der Waals surface area contributed by atoms with Crippen molar-refractivity contribution in [3.8, 4) is 0 Å². The van der Waals surface area contributed by atoms with Crippen molar-refractivity contribution < 1.29 is 9.53 Å². The lowest BCUT2D eigenvalue weighted by atomic mass is 10.2. The van der Waals surface area contributed by atoms with Crippen molar-refractivity contribution >= 4 is 5.91 Å². The average molecular weight is 357 g/mol. The Balaban J connectivity index is 1.41. The lowest BCUT2D eigenvalue weighted by molar-refractivity contribution is -0.137. The van der Waals surface area contributed by atoms with Gasteiger partial charge in [-0.05, 0) is 25.0 Å². The van der Waals surface area contributed by atoms with Crippen LogP contribution in [0.4, 0.5) is 0 Å². The number of fused-ring (bicyclic) bond motifs is 1. The average Bonchev–Trinajstić information content (AvgIpc) is 3.35. The Morgan fingerprint density at radius 1 is 1.31 bits per heavy atom. The van der Waals surface area contributed by atoms with E-state index in [-0.39, 0.29) is 18.6 Å². The third-order valence-electron chi connectivity index (χ3n) is 5.24. The van der Waals surface area contributed by atoms with Gasteiger partial charge in [-0.3, -0.25) is 14.4 Å². The maximum absolute atomic E-state index is 12.3. The molecule has 140 valence electrons. The highest BCUT2D eigenvalue weighted by atomic mass is 16.5. The molecule has 4 rings (SSSR count). The maximum atomic E-state index is 12.3. The first kappa shape index (κ1) is 17.3. The Kier molecular flexibility index (Phi) is 5.08. The first-order chi connectivity index (χ1) is 12.7. The molecule has 0 aromatic carbocycles. The van der Waals surface area contributed by atoms with E-state index in [1.54, 1.807) is 0 Å². The second-order valence-corrected chi connectivity index (χ2v) is 7.36. The fraction of sp³-hybridized carbons (Fsp3) is 0.579. The molecule has 0 N–H and O–H groups in total. The van der Waals surface area contributed by atoms with E-state index in [4.69, 9.17) is 4.74 Å². The number of nitrogens with zero attached hydrogens (tertiary/aromatic N) is 5. The van der Waals surface area contributed by atoms with Crippen LogP contribution in [0.1, 0.15) is 24.1 Å². The highest BCUT2D eigenvalue weighted by molar-refractivity contribution is 5.77. The summed E-state index contributed by atoms with van der Waals surface area (Å²) in [6.45, 7) is 5.25. The molecule has 1 saturated heterocycles. The van der Waals surface area contributed by atoms with Gasteiger partial charge in [-0.1, -0.05) is 0 Å². The van der Waals surface area contributed by atoms with E-state index in [9.17, 15) is 4.79 Å². The molecule has 0 bridgehead atoms. The Morgan fingerprint density at radius 3 is 2.92 bits per heavy atom. The lowest BCUT2D eigenvalue weighted by Gasteiger charge is -2.24. The summed E-state index contributed by atoms with van der Waals surface area (Å²) in [6, 6.07) is 4.24. The van der Waals surface area contributed by atoms with Crippen molar-refractivity contribution in [1.29, 1.82) is 0 Å². The van der Waals surface area contributed by atoms with E-state index in [0.717, 1.165) is 52.1 Å². The van der Waals surface area contributed by atoms with Gasteiger partial charge in [-0.25, -0.2) is 0 Å². The second-order valence-electron chi connectivity index (χ2n) is 7.36. The van der Waals surface area contributed by atoms with Gasteiger partial charge in [0.2, 0.25) is 5.91 Å². The van der Waals surface area contributed by atoms with Crippen LogP contribution in [0.3, 0.4) is 0 Å². The molecular formula is C19H27N5O2. The molecule has 1 atom stereocenters. The van der Waals surface area contributed by atoms with Crippen LogP contribution in [0.2, 0.25) is 0 Å². The van der Waals surface area contributed by atoms with Gasteiger partial charge in [-0.15, -0.1) is 0 Å². The van der Waals surface area contributed by atoms with Crippen LogP contribution < -0.4 is 0 Å². The third-order valence-corrected chi connectivity index (χ3v) is 5.24. The number of amides is 1. The first-order valence-electron chi connectivity index (χ1n) is 9.40. The largest absolute Gasteiger partial charge is 0.365 e. The van der Waals surface area contributed by atoms with Gasteiger partial charge < -0.3 is 14.2 Å². The highest BCUT2D eigenvalue weighted by Gasteiger charge is 2.25. The summed E-state index contributed by atoms with van der Waals surface area (Å²) in [5.41, 5.74) is 2.48. The molecule has 1 fully saturated rings. The molecule has 0 unspecified atom stereocenters. The molecule has 7 nitrogen and oxygen atoms in total. The fourth-order valence-corrected chi connectivity index (χ4v) is 3.91. The molecule has 2 aromatic rings. The molecule has 26 heavy (non-hydrogen) atoms. The molecule has 0 radical (unpaired) electrons. The molecule has 0 spiro atoms. The Labute approximate surface area is 154 Å². The summed E-state index contributed by atoms with van der Waals surface area (Å²) in [6.07, 6.45) is 8.29. The normalized spacial score (nSPS) is 21.0. The van der Waals surface area contributed by atoms with Crippen LogP contribution in [-0.2, 0) is 36.2 Å². The molecular weight excluding hydrogens is 330 g/mol. The van der Waals surface area contributed by atoms with E-state index < -0.39 is 0 Å². The van der Waals surface area contributed by atoms with Crippen LogP contribution in [0.15, 0.2) is 30.7 Å². The summed E-state index contributed by atoms with van der Waals surface area (Å²) in [7, 11) is 1.94. The summed E-state index contributed by atoms with van der Waals surface area (Å²) >= 11 is 0. The molecule has 2 aliphatic rings. The Bertz CT molecular complexity index is 747. The highest BCUT2D eigenvalue weighted by Crippen LogP contribution is 2.18. The number of rotatable bonds is 5. The molecule has 1 amide bonds. The monoisotopic (exact) mass is 357 g/mol. The number of aromatic nitrogens is 3. The van der Waals surface area contributed by atoms with E-state index in [1.807, 2.05) is 22.8 Å². The lowest BCUT2D eigenvalue weighted by Crippen LogP contribution is -2.37. The molecule has 2 aromatic heterocycles. The zero-order valence-corrected chi connectivity index (χ0v) is 15.4. The van der Waals surface area contributed by atoms with Crippen LogP contribution in [0.25, 0.3) is 0 Å². The quantitative estimate of drug-likeness (QED) is 0.808. The first-order valence-corrected chi connectivity index (χ1v) is 9.40. The summed E-state index contributed by atoms with van der Waals surface area (Å²) < 4.78 is 10.1. The summed E-state index contributed by atoms with van der Waals surface area (Å²) in [5.74, 6) is 0.123. The minimum Gasteiger partial charge on any atom is -0.365 e. The fourth-order valence-electron chi connectivity index (χ4n) is 3.91. The van der Waals surface area contributed by atoms with Gasteiger partial charge >= 0.3 is 0 Å². The Hall–Kier alpha value is -2.12. The van der Waals surface area contributed by atoms with Crippen LogP contribution in [0.5, 0.6) is 0 Å². The molecule has 7 heteroatoms. The predicted octanol–water partition coefficient (Wildman–Crippen LogP) is 1.24. The van der Waals surface area contributed by atoms with E-state index in [1.165, 1.54) is 11.3 Å². The summed E-state index contributed by atoms with van der Waals surface area (Å²) in [4.78, 5) is 16.6. The van der Waals surface area contributed by atoms with Gasteiger partial charge in [0.1, 0.15) is 6.61 Å². The third kappa shape index (κ3) is 3.99. The van der Waals surface area contributed by atoms with E-state index in [2.05, 4.69) is 39.1 Å². The molecule has 0 saturated carbocycles. The summed E-state index contributed by atoms with van der Waals surface area (Å²) in [5, 5.41) is 4.27. The standard InChI is InChI=1S/C19H27N5O2/c1-21-10-16(9-20-21)11-22-12-17-5-4-8-24(17)14-18(13-22)26-15-19(25)23-6-2-3-7-23/h4-5,8-10,18H,2-3,6-7,11-15H2,1H3/t18-/m1/s1. The SMILES string of the molecule is Cn1cc(CN2Cc3cccn3C[C@H](OCC(=O)N3CCCC3)C2)cn1. The number of hydrogen-bond acceptors (Lipinski definition) is 4. The van der Waals surface area contributed by atoms with Crippen molar-refractivity contribution in [2.45, 2.75) is 38.6 Å². The minimum absolute atomic E-state index is 0.00637. The zero-order valence-electron chi connectivity index (χ0n) is 15.4. The van der Waals surface area contributed by atoms with Crippen molar-refractivity contribution in [3.63, 3.8) is 0 Å². The number of carbonyl (C=O) groups is 1. The number of likely N-dealkylation sites (tertiary alicyclic amines) is 1. The van der Waals surface area contributed by atoms with Gasteiger partial charge in [0.25, 0.3) is 0 Å². The number of hydrogen-bond donors (Lipinski definition) is 0. The zero-order chi connectivity index (χ0) is 17.9. The van der Waals surface area contributed by atoms with Crippen molar-refractivity contribution in [2.24, 2.45) is 7.05 Å². The molecule has 4 heterocycles. The van der Waals surface area contributed by atoms with E-state index in [0.29, 0.717) is 0 Å². The van der Waals surface area contributed by atoms with Gasteiger partial charge in [0.05, 0.1) is 12.3 Å². The van der Waals surface area contributed by atoms with Crippen LogP contribution >= 0.6 is 0 Å². The van der Waals surface area contributed by atoms with Crippen molar-refractivity contribution in [2.75, 3.05) is 26.2 Å². The van der Waals surface area contributed by atoms with Crippen LogP contribution in [-0.4, -0.2) is 62.4 Å². The number of carbonyl (C=O) groups excluding carboxylic acids is 1. The van der Waals surface area contributed by atoms with Gasteiger partial charge in [-0.2, -0.15) is 5.10 Å². The minimum atomic E-state index is 0.00637. The Morgan fingerprint density at radius 2 is 2.15 bits per heavy atom. The van der Waals surface area contributed by atoms with Crippen LogP contribution in [0, 0.1) is 0 Å². The maximum Gasteiger partial charge on any atom is 0.248 e. The second kappa shape index (κ2) is 7.63. The molecule has 2 aliphatic heterocycles. The number of ether oxygens (including phenoxy) is 1. The topological polar surface area (TPSA) is 55.5 Å². The van der Waals surface area contributed by atoms with E-state index >= 15 is 0 Å². The molecule has 0 aliphatic carbocycles. The van der Waals surface area contributed by atoms with Gasteiger partial charge in [0.15, 0.2) is 0 Å². The van der Waals surface area contributed by atoms with Crippen molar-refractivity contribution in [3.05, 3.63) is 42.0 Å². The smallest absolute Gasteiger partial charge is 0.248 e.